The first-order valence-corrected chi connectivity index (χ1v) is 10.3. The molecule has 0 aliphatic carbocycles. The normalized spacial score (nSPS) is 11.7. The van der Waals surface area contributed by atoms with Crippen molar-refractivity contribution in [1.29, 1.82) is 0 Å². The van der Waals surface area contributed by atoms with Crippen LogP contribution in [0.4, 0.5) is 8.78 Å². The molecule has 1 aromatic carbocycles. The lowest BCUT2D eigenvalue weighted by Gasteiger charge is -2.10. The fourth-order valence-electron chi connectivity index (χ4n) is 2.43. The molecule has 0 fully saturated rings. The average Bonchev–Trinajstić information content (AvgIpc) is 3.33. The van der Waals surface area contributed by atoms with Gasteiger partial charge in [0.1, 0.15) is 0 Å². The van der Waals surface area contributed by atoms with Crippen molar-refractivity contribution in [3.05, 3.63) is 58.9 Å². The summed E-state index contributed by atoms with van der Waals surface area (Å²) >= 11 is 1.56. The number of nitrogens with one attached hydrogen (secondary N) is 1. The Hall–Kier alpha value is -2.59. The first-order valence-electron chi connectivity index (χ1n) is 7.85. The molecule has 10 heteroatoms. The lowest BCUT2D eigenvalue weighted by molar-refractivity contribution is 0.0948. The summed E-state index contributed by atoms with van der Waals surface area (Å²) in [6.07, 6.45) is 1.76. The number of amides is 1. The third-order valence-electron chi connectivity index (χ3n) is 3.76. The van der Waals surface area contributed by atoms with Crippen LogP contribution < -0.4 is 5.32 Å². The van der Waals surface area contributed by atoms with E-state index >= 15 is 0 Å². The van der Waals surface area contributed by atoms with Gasteiger partial charge in [0.2, 0.25) is 9.84 Å². The molecule has 1 N–H and O–H groups in total. The lowest BCUT2D eigenvalue weighted by atomic mass is 10.2. The van der Waals surface area contributed by atoms with Crippen molar-refractivity contribution < 1.29 is 22.0 Å². The zero-order valence-electron chi connectivity index (χ0n) is 13.9. The van der Waals surface area contributed by atoms with Crippen LogP contribution in [0.5, 0.6) is 0 Å². The van der Waals surface area contributed by atoms with Crippen LogP contribution in [-0.4, -0.2) is 36.4 Å². The summed E-state index contributed by atoms with van der Waals surface area (Å²) in [7, 11) is -4.86. The van der Waals surface area contributed by atoms with E-state index in [1.54, 1.807) is 22.2 Å². The largest absolute Gasteiger partial charge is 0.350 e. The number of carbonyl (C=O) groups is 1. The van der Waals surface area contributed by atoms with Crippen LogP contribution in [0.1, 0.15) is 10.4 Å². The second-order valence-corrected chi connectivity index (χ2v) is 8.20. The van der Waals surface area contributed by atoms with E-state index < -0.39 is 26.4 Å². The fourth-order valence-corrected chi connectivity index (χ4v) is 4.01. The van der Waals surface area contributed by atoms with Gasteiger partial charge in [0.05, 0.1) is 22.7 Å². The standard InChI is InChI=1S/C17H15F2N3O3S2/c18-17(19)27(24,25)15-4-2-1-3-13(15)16(23)20-7-9-22-8-5-14(21-22)12-6-10-26-11-12/h1-6,8,10-11,17H,7,9H2,(H,20,23). The van der Waals surface area contributed by atoms with Crippen molar-refractivity contribution >= 4 is 27.1 Å². The van der Waals surface area contributed by atoms with Crippen LogP contribution in [0.25, 0.3) is 11.3 Å². The smallest absolute Gasteiger partial charge is 0.341 e. The van der Waals surface area contributed by atoms with Gasteiger partial charge in [-0.25, -0.2) is 8.42 Å². The van der Waals surface area contributed by atoms with E-state index in [9.17, 15) is 22.0 Å². The molecule has 2 aromatic heterocycles. The molecule has 0 spiro atoms. The maximum Gasteiger partial charge on any atom is 0.341 e. The van der Waals surface area contributed by atoms with Gasteiger partial charge in [-0.05, 0) is 29.6 Å². The van der Waals surface area contributed by atoms with Gasteiger partial charge in [-0.15, -0.1) is 0 Å². The summed E-state index contributed by atoms with van der Waals surface area (Å²) in [6.45, 7) is 0.506. The van der Waals surface area contributed by atoms with Crippen molar-refractivity contribution in [2.24, 2.45) is 0 Å². The number of thiophene rings is 1. The summed E-state index contributed by atoms with van der Waals surface area (Å²) in [6, 6.07) is 8.69. The Balaban J connectivity index is 1.66. The van der Waals surface area contributed by atoms with Gasteiger partial charge in [-0.1, -0.05) is 12.1 Å². The minimum Gasteiger partial charge on any atom is -0.350 e. The molecular weight excluding hydrogens is 396 g/mol. The van der Waals surface area contributed by atoms with Crippen molar-refractivity contribution in [3.63, 3.8) is 0 Å². The Bertz CT molecular complexity index is 1030. The third-order valence-corrected chi connectivity index (χ3v) is 5.88. The van der Waals surface area contributed by atoms with Crippen LogP contribution >= 0.6 is 11.3 Å². The highest BCUT2D eigenvalue weighted by Gasteiger charge is 2.30. The number of aromatic nitrogens is 2. The zero-order valence-corrected chi connectivity index (χ0v) is 15.5. The second kappa shape index (κ2) is 7.97. The van der Waals surface area contributed by atoms with Gasteiger partial charge in [0, 0.05) is 23.7 Å². The van der Waals surface area contributed by atoms with Crippen molar-refractivity contribution in [3.8, 4) is 11.3 Å². The van der Waals surface area contributed by atoms with Crippen LogP contribution in [0, 0.1) is 0 Å². The summed E-state index contributed by atoms with van der Waals surface area (Å²) < 4.78 is 50.7. The minimum atomic E-state index is -4.86. The van der Waals surface area contributed by atoms with Gasteiger partial charge in [-0.2, -0.15) is 25.2 Å². The van der Waals surface area contributed by atoms with Gasteiger partial charge in [-0.3, -0.25) is 9.48 Å². The average molecular weight is 411 g/mol. The summed E-state index contributed by atoms with van der Waals surface area (Å²) in [5.41, 5.74) is 1.49. The first-order chi connectivity index (χ1) is 12.9. The highest BCUT2D eigenvalue weighted by atomic mass is 32.2. The number of hydrogen-bond acceptors (Lipinski definition) is 5. The van der Waals surface area contributed by atoms with Gasteiger partial charge < -0.3 is 5.32 Å². The molecule has 0 radical (unpaired) electrons. The number of hydrogen-bond donors (Lipinski definition) is 1. The molecule has 0 saturated carbocycles. The number of alkyl halides is 2. The minimum absolute atomic E-state index is 0.159. The van der Waals surface area contributed by atoms with Crippen molar-refractivity contribution in [1.82, 2.24) is 15.1 Å². The van der Waals surface area contributed by atoms with E-state index in [4.69, 9.17) is 0 Å². The maximum atomic E-state index is 12.8. The maximum absolute atomic E-state index is 12.8. The predicted octanol–water partition coefficient (Wildman–Crippen LogP) is 3.04. The third kappa shape index (κ3) is 4.22. The van der Waals surface area contributed by atoms with Crippen LogP contribution in [0.15, 0.2) is 58.3 Å². The zero-order chi connectivity index (χ0) is 19.4. The van der Waals surface area contributed by atoms with Gasteiger partial charge in [0.25, 0.3) is 5.91 Å². The Morgan fingerprint density at radius 1 is 1.22 bits per heavy atom. The molecule has 2 heterocycles. The number of sulfone groups is 1. The monoisotopic (exact) mass is 411 g/mol. The molecular formula is C17H15F2N3O3S2. The highest BCUT2D eigenvalue weighted by Crippen LogP contribution is 2.22. The molecule has 3 rings (SSSR count). The number of carbonyl (C=O) groups excluding carboxylic acids is 1. The van der Waals surface area contributed by atoms with E-state index in [-0.39, 0.29) is 12.1 Å². The summed E-state index contributed by atoms with van der Waals surface area (Å²) in [4.78, 5) is 11.6. The highest BCUT2D eigenvalue weighted by molar-refractivity contribution is 7.91. The predicted molar refractivity (Wildman–Crippen MR) is 97.5 cm³/mol. The Kier molecular flexibility index (Phi) is 5.66. The Morgan fingerprint density at radius 3 is 2.70 bits per heavy atom. The molecule has 0 unspecified atom stereocenters. The Morgan fingerprint density at radius 2 is 2.00 bits per heavy atom. The van der Waals surface area contributed by atoms with Crippen molar-refractivity contribution in [2.45, 2.75) is 17.2 Å². The molecule has 6 nitrogen and oxygen atoms in total. The molecule has 0 aliphatic heterocycles. The molecule has 0 saturated heterocycles. The molecule has 1 amide bonds. The van der Waals surface area contributed by atoms with Gasteiger partial charge >= 0.3 is 5.76 Å². The lowest BCUT2D eigenvalue weighted by Crippen LogP contribution is -2.29. The number of benzene rings is 1. The van der Waals surface area contributed by atoms with Gasteiger partial charge in [0.15, 0.2) is 0 Å². The van der Waals surface area contributed by atoms with Crippen LogP contribution in [0.3, 0.4) is 0 Å². The van der Waals surface area contributed by atoms with E-state index in [2.05, 4.69) is 10.4 Å². The molecule has 0 bridgehead atoms. The van der Waals surface area contributed by atoms with Crippen molar-refractivity contribution in [2.75, 3.05) is 6.54 Å². The summed E-state index contributed by atoms with van der Waals surface area (Å²) in [5, 5.41) is 10.8. The molecule has 27 heavy (non-hydrogen) atoms. The fraction of sp³-hybridized carbons (Fsp3) is 0.176. The summed E-state index contributed by atoms with van der Waals surface area (Å²) in [5.74, 6) is -4.33. The molecule has 3 aromatic rings. The first kappa shape index (κ1) is 19.2. The number of rotatable bonds is 7. The van der Waals surface area contributed by atoms with E-state index in [1.807, 2.05) is 22.9 Å². The van der Waals surface area contributed by atoms with Crippen LogP contribution in [-0.2, 0) is 16.4 Å². The number of nitrogens with zero attached hydrogens (tertiary/aromatic N) is 2. The second-order valence-electron chi connectivity index (χ2n) is 5.53. The van der Waals surface area contributed by atoms with E-state index in [1.165, 1.54) is 18.2 Å². The van der Waals surface area contributed by atoms with E-state index in [0.29, 0.717) is 6.54 Å². The quantitative estimate of drug-likeness (QED) is 0.648. The van der Waals surface area contributed by atoms with Crippen LogP contribution in [0.2, 0.25) is 0 Å². The topological polar surface area (TPSA) is 81.1 Å². The molecule has 0 atom stereocenters. The molecule has 142 valence electrons. The molecule has 0 aliphatic rings. The van der Waals surface area contributed by atoms with E-state index in [0.717, 1.165) is 17.3 Å². The number of halogens is 2. The SMILES string of the molecule is O=C(NCCn1ccc(-c2ccsc2)n1)c1ccccc1S(=O)(=O)C(F)F. The Labute approximate surface area is 158 Å².